The van der Waals surface area contributed by atoms with Gasteiger partial charge in [0.15, 0.2) is 11.6 Å². The van der Waals surface area contributed by atoms with Gasteiger partial charge in [0.1, 0.15) is 18.1 Å². The summed E-state index contributed by atoms with van der Waals surface area (Å²) in [6, 6.07) is 17.9. The van der Waals surface area contributed by atoms with Crippen molar-refractivity contribution in [2.75, 3.05) is 0 Å². The number of aromatic nitrogens is 3. The van der Waals surface area contributed by atoms with E-state index in [1.807, 2.05) is 24.3 Å². The van der Waals surface area contributed by atoms with Gasteiger partial charge in [-0.2, -0.15) is 4.98 Å². The number of halogens is 1. The Morgan fingerprint density at radius 1 is 0.935 bits per heavy atom. The number of nitrogens with zero attached hydrogens (tertiary/aromatic N) is 3. The molecule has 0 saturated heterocycles. The molecule has 0 amide bonds. The Labute approximate surface area is 180 Å². The van der Waals surface area contributed by atoms with E-state index in [0.29, 0.717) is 11.6 Å². The highest BCUT2D eigenvalue weighted by Crippen LogP contribution is 2.32. The second kappa shape index (κ2) is 8.30. The van der Waals surface area contributed by atoms with Crippen molar-refractivity contribution < 1.29 is 13.7 Å². The van der Waals surface area contributed by atoms with Crippen LogP contribution in [0.4, 0.5) is 4.39 Å². The van der Waals surface area contributed by atoms with Crippen LogP contribution in [0.1, 0.15) is 42.1 Å². The van der Waals surface area contributed by atoms with E-state index in [0.717, 1.165) is 0 Å². The van der Waals surface area contributed by atoms with Crippen molar-refractivity contribution in [1.82, 2.24) is 15.1 Å². The molecule has 31 heavy (non-hydrogen) atoms. The van der Waals surface area contributed by atoms with E-state index >= 15 is 0 Å². The molecule has 0 radical (unpaired) electrons. The number of rotatable bonds is 6. The predicted octanol–water partition coefficient (Wildman–Crippen LogP) is 5.79. The minimum atomic E-state index is -0.525. The van der Waals surface area contributed by atoms with Gasteiger partial charge in [0, 0.05) is 11.6 Å². The second-order valence-corrected chi connectivity index (χ2v) is 8.07. The molecule has 2 aromatic carbocycles. The third-order valence-electron chi connectivity index (χ3n) is 5.44. The summed E-state index contributed by atoms with van der Waals surface area (Å²) in [5.41, 5.74) is 3.90. The molecular formula is C25H24FN3O2. The second-order valence-electron chi connectivity index (χ2n) is 8.07. The average Bonchev–Trinajstić information content (AvgIpc) is 3.19. The molecule has 4 aromatic rings. The Hall–Kier alpha value is -3.54. The number of pyridine rings is 1. The lowest BCUT2D eigenvalue weighted by atomic mass is 9.78. The largest absolute Gasteiger partial charge is 0.487 e. The summed E-state index contributed by atoms with van der Waals surface area (Å²) in [6.45, 7) is 8.14. The van der Waals surface area contributed by atoms with Gasteiger partial charge >= 0.3 is 0 Å². The van der Waals surface area contributed by atoms with Crippen LogP contribution in [0.2, 0.25) is 0 Å². The van der Waals surface area contributed by atoms with Crippen LogP contribution >= 0.6 is 0 Å². The number of aryl methyl sites for hydroxylation is 2. The summed E-state index contributed by atoms with van der Waals surface area (Å²) in [4.78, 5) is 8.18. The molecule has 0 aliphatic heterocycles. The van der Waals surface area contributed by atoms with Crippen molar-refractivity contribution in [3.8, 4) is 17.2 Å². The summed E-state index contributed by atoms with van der Waals surface area (Å²) in [7, 11) is 0. The zero-order valence-electron chi connectivity index (χ0n) is 18.0. The van der Waals surface area contributed by atoms with E-state index < -0.39 is 5.82 Å². The van der Waals surface area contributed by atoms with E-state index in [-0.39, 0.29) is 29.2 Å². The first kappa shape index (κ1) is 20.7. The van der Waals surface area contributed by atoms with Crippen molar-refractivity contribution in [2.45, 2.75) is 39.7 Å². The third-order valence-corrected chi connectivity index (χ3v) is 5.44. The number of ether oxygens (including phenoxy) is 1. The molecule has 0 aliphatic carbocycles. The summed E-state index contributed by atoms with van der Waals surface area (Å²) in [6.07, 6.45) is 1.50. The number of hydrogen-bond acceptors (Lipinski definition) is 5. The fraction of sp³-hybridized carbons (Fsp3) is 0.240. The smallest absolute Gasteiger partial charge is 0.261 e. The van der Waals surface area contributed by atoms with Crippen LogP contribution < -0.4 is 4.74 Å². The molecule has 158 valence electrons. The van der Waals surface area contributed by atoms with E-state index in [4.69, 9.17) is 9.26 Å². The lowest BCUT2D eigenvalue weighted by molar-refractivity contribution is 0.294. The Morgan fingerprint density at radius 2 is 1.58 bits per heavy atom. The highest BCUT2D eigenvalue weighted by atomic mass is 19.1. The van der Waals surface area contributed by atoms with E-state index in [2.05, 4.69) is 60.2 Å². The van der Waals surface area contributed by atoms with Gasteiger partial charge in [0.25, 0.3) is 5.89 Å². The molecule has 6 heteroatoms. The monoisotopic (exact) mass is 417 g/mol. The van der Waals surface area contributed by atoms with Gasteiger partial charge in [-0.05, 0) is 43.2 Å². The number of hydrogen-bond donors (Lipinski definition) is 0. The van der Waals surface area contributed by atoms with Crippen molar-refractivity contribution in [2.24, 2.45) is 0 Å². The highest BCUT2D eigenvalue weighted by Gasteiger charge is 2.23. The van der Waals surface area contributed by atoms with E-state index in [9.17, 15) is 4.39 Å². The molecule has 5 nitrogen and oxygen atoms in total. The zero-order valence-corrected chi connectivity index (χ0v) is 18.0. The molecule has 0 N–H and O–H groups in total. The molecule has 4 rings (SSSR count). The van der Waals surface area contributed by atoms with Crippen molar-refractivity contribution >= 4 is 0 Å². The first-order valence-electron chi connectivity index (χ1n) is 10.1. The fourth-order valence-corrected chi connectivity index (χ4v) is 3.42. The molecule has 2 heterocycles. The van der Waals surface area contributed by atoms with Gasteiger partial charge in [-0.1, -0.05) is 61.0 Å². The van der Waals surface area contributed by atoms with Gasteiger partial charge in [-0.25, -0.2) is 4.39 Å². The standard InChI is InChI=1S/C25H24FN3O2/c1-16-5-7-18(8-6-16)25(3,4)19-9-11-20(12-10-19)30-15-22-23(26)21(13-14-27-22)24-28-17(2)29-31-24/h5-14H,15H2,1-4H3. The van der Waals surface area contributed by atoms with Gasteiger partial charge in [0.2, 0.25) is 0 Å². The van der Waals surface area contributed by atoms with Crippen LogP contribution in [-0.4, -0.2) is 15.1 Å². The number of benzene rings is 2. The van der Waals surface area contributed by atoms with Gasteiger partial charge in [-0.15, -0.1) is 0 Å². The third kappa shape index (κ3) is 4.33. The lowest BCUT2D eigenvalue weighted by Gasteiger charge is -2.26. The first-order chi connectivity index (χ1) is 14.8. The van der Waals surface area contributed by atoms with Gasteiger partial charge in [-0.3, -0.25) is 4.98 Å². The van der Waals surface area contributed by atoms with Crippen LogP contribution in [0.5, 0.6) is 5.75 Å². The molecule has 0 unspecified atom stereocenters. The molecule has 0 aliphatic rings. The predicted molar refractivity (Wildman–Crippen MR) is 116 cm³/mol. The summed E-state index contributed by atoms with van der Waals surface area (Å²) >= 11 is 0. The molecule has 0 bridgehead atoms. The van der Waals surface area contributed by atoms with Crippen LogP contribution in [0.3, 0.4) is 0 Å². The first-order valence-corrected chi connectivity index (χ1v) is 10.1. The highest BCUT2D eigenvalue weighted by molar-refractivity contribution is 5.54. The van der Waals surface area contributed by atoms with Crippen molar-refractivity contribution in [3.05, 3.63) is 94.8 Å². The molecular weight excluding hydrogens is 393 g/mol. The van der Waals surface area contributed by atoms with Gasteiger partial charge < -0.3 is 9.26 Å². The SMILES string of the molecule is Cc1ccc(C(C)(C)c2ccc(OCc3nccc(-c4nc(C)no4)c3F)cc2)cc1. The lowest BCUT2D eigenvalue weighted by Crippen LogP contribution is -2.18. The fourth-order valence-electron chi connectivity index (χ4n) is 3.42. The maximum absolute atomic E-state index is 14.8. The summed E-state index contributed by atoms with van der Waals surface area (Å²) in [5.74, 6) is 0.686. The molecule has 0 atom stereocenters. The average molecular weight is 417 g/mol. The maximum atomic E-state index is 14.8. The maximum Gasteiger partial charge on any atom is 0.261 e. The Morgan fingerprint density at radius 3 is 2.19 bits per heavy atom. The quantitative estimate of drug-likeness (QED) is 0.397. The summed E-state index contributed by atoms with van der Waals surface area (Å²) < 4.78 is 25.7. The minimum absolute atomic E-state index is 0.00645. The van der Waals surface area contributed by atoms with E-state index in [1.54, 1.807) is 6.92 Å². The van der Waals surface area contributed by atoms with Crippen molar-refractivity contribution in [3.63, 3.8) is 0 Å². The Kier molecular flexibility index (Phi) is 5.55. The molecule has 0 saturated carbocycles. The summed E-state index contributed by atoms with van der Waals surface area (Å²) in [5, 5.41) is 3.71. The van der Waals surface area contributed by atoms with Crippen LogP contribution in [-0.2, 0) is 12.0 Å². The van der Waals surface area contributed by atoms with Crippen LogP contribution in [0.15, 0.2) is 65.3 Å². The van der Waals surface area contributed by atoms with Crippen LogP contribution in [0.25, 0.3) is 11.5 Å². The molecule has 0 fully saturated rings. The molecule has 2 aromatic heterocycles. The Bertz CT molecular complexity index is 1180. The zero-order chi connectivity index (χ0) is 22.0. The van der Waals surface area contributed by atoms with Crippen molar-refractivity contribution in [1.29, 1.82) is 0 Å². The van der Waals surface area contributed by atoms with Gasteiger partial charge in [0.05, 0.1) is 5.56 Å². The normalized spacial score (nSPS) is 11.5. The minimum Gasteiger partial charge on any atom is -0.487 e. The topological polar surface area (TPSA) is 61.0 Å². The van der Waals surface area contributed by atoms with Crippen LogP contribution in [0, 0.1) is 19.7 Å². The van der Waals surface area contributed by atoms with E-state index in [1.165, 1.54) is 29.0 Å². The Balaban J connectivity index is 1.48. The molecule has 0 spiro atoms.